The molecule has 1 rings (SSSR count). The Kier molecular flexibility index (Phi) is 8.19. The van der Waals surface area contributed by atoms with E-state index in [9.17, 15) is 4.39 Å². The van der Waals surface area contributed by atoms with Crippen LogP contribution in [0.25, 0.3) is 0 Å². The van der Waals surface area contributed by atoms with Crippen molar-refractivity contribution in [2.75, 3.05) is 19.7 Å². The smallest absolute Gasteiger partial charge is 0.188 e. The number of nitrogens with zero attached hydrogens (tertiary/aromatic N) is 1. The van der Waals surface area contributed by atoms with Gasteiger partial charge in [0.15, 0.2) is 5.96 Å². The van der Waals surface area contributed by atoms with Gasteiger partial charge in [0.05, 0.1) is 6.61 Å². The first kappa shape index (κ1) is 16.3. The summed E-state index contributed by atoms with van der Waals surface area (Å²) in [7, 11) is 0. The average molecular weight is 281 g/mol. The van der Waals surface area contributed by atoms with Gasteiger partial charge in [0.1, 0.15) is 11.6 Å². The van der Waals surface area contributed by atoms with E-state index in [0.29, 0.717) is 24.9 Å². The third-order valence-corrected chi connectivity index (χ3v) is 2.75. The molecule has 0 amide bonds. The molecule has 0 heterocycles. The Morgan fingerprint density at radius 3 is 2.70 bits per heavy atom. The van der Waals surface area contributed by atoms with Crippen molar-refractivity contribution in [2.24, 2.45) is 10.7 Å². The Morgan fingerprint density at radius 1 is 1.25 bits per heavy atom. The molecule has 3 N–H and O–H groups in total. The highest BCUT2D eigenvalue weighted by Gasteiger charge is 1.95. The Labute approximate surface area is 120 Å². The molecular weight excluding hydrogens is 257 g/mol. The number of hydrogen-bond acceptors (Lipinski definition) is 2. The van der Waals surface area contributed by atoms with Gasteiger partial charge in [-0.3, -0.25) is 4.99 Å². The summed E-state index contributed by atoms with van der Waals surface area (Å²) in [5, 5.41) is 3.07. The van der Waals surface area contributed by atoms with Gasteiger partial charge in [-0.25, -0.2) is 4.39 Å². The first-order chi connectivity index (χ1) is 9.72. The van der Waals surface area contributed by atoms with Crippen molar-refractivity contribution in [3.63, 3.8) is 0 Å². The van der Waals surface area contributed by atoms with Crippen molar-refractivity contribution < 1.29 is 9.13 Å². The van der Waals surface area contributed by atoms with Crippen molar-refractivity contribution in [1.82, 2.24) is 5.32 Å². The minimum atomic E-state index is -0.252. The number of hydrogen-bond donors (Lipinski definition) is 2. The summed E-state index contributed by atoms with van der Waals surface area (Å²) in [5.74, 6) is 0.950. The molecule has 1 aromatic carbocycles. The molecule has 0 aromatic heterocycles. The molecule has 4 nitrogen and oxygen atoms in total. The molecule has 0 saturated heterocycles. The first-order valence-corrected chi connectivity index (χ1v) is 7.14. The molecule has 0 spiro atoms. The zero-order valence-electron chi connectivity index (χ0n) is 12.1. The summed E-state index contributed by atoms with van der Waals surface area (Å²) in [4.78, 5) is 4.23. The fourth-order valence-electron chi connectivity index (χ4n) is 1.58. The molecule has 0 unspecified atom stereocenters. The molecule has 0 aliphatic carbocycles. The second-order valence-corrected chi connectivity index (χ2v) is 4.56. The molecular formula is C15H24FN3O. The highest BCUT2D eigenvalue weighted by Crippen LogP contribution is 2.11. The van der Waals surface area contributed by atoms with Crippen LogP contribution in [0.2, 0.25) is 0 Å². The number of ether oxygens (including phenoxy) is 1. The van der Waals surface area contributed by atoms with Gasteiger partial charge < -0.3 is 15.8 Å². The van der Waals surface area contributed by atoms with Crippen LogP contribution in [0, 0.1) is 5.82 Å². The van der Waals surface area contributed by atoms with Crippen molar-refractivity contribution in [3.8, 4) is 5.75 Å². The van der Waals surface area contributed by atoms with Crippen LogP contribution in [0.3, 0.4) is 0 Å². The van der Waals surface area contributed by atoms with Crippen LogP contribution in [0.1, 0.15) is 32.6 Å². The predicted molar refractivity (Wildman–Crippen MR) is 80.5 cm³/mol. The van der Waals surface area contributed by atoms with Crippen molar-refractivity contribution in [1.29, 1.82) is 0 Å². The van der Waals surface area contributed by atoms with Crippen LogP contribution in [0.15, 0.2) is 29.3 Å². The summed E-state index contributed by atoms with van der Waals surface area (Å²) >= 11 is 0. The van der Waals surface area contributed by atoms with E-state index in [1.165, 1.54) is 12.1 Å². The van der Waals surface area contributed by atoms with Gasteiger partial charge in [0.25, 0.3) is 0 Å². The zero-order chi connectivity index (χ0) is 14.6. The molecule has 0 bridgehead atoms. The Bertz CT molecular complexity index is 393. The number of unbranched alkanes of at least 4 members (excludes halogenated alkanes) is 2. The fourth-order valence-corrected chi connectivity index (χ4v) is 1.58. The summed E-state index contributed by atoms with van der Waals surface area (Å²) in [6.07, 6.45) is 4.04. The normalized spacial score (nSPS) is 11.4. The van der Waals surface area contributed by atoms with Crippen LogP contribution >= 0.6 is 0 Å². The lowest BCUT2D eigenvalue weighted by Gasteiger charge is -2.06. The van der Waals surface area contributed by atoms with Crippen LogP contribution in [-0.2, 0) is 0 Å². The highest BCUT2D eigenvalue weighted by atomic mass is 19.1. The van der Waals surface area contributed by atoms with E-state index in [1.54, 1.807) is 12.1 Å². The molecule has 0 atom stereocenters. The lowest BCUT2D eigenvalue weighted by molar-refractivity contribution is 0.307. The first-order valence-electron chi connectivity index (χ1n) is 7.14. The summed E-state index contributed by atoms with van der Waals surface area (Å²) in [6.45, 7) is 4.30. The maximum atomic E-state index is 12.7. The van der Waals surface area contributed by atoms with E-state index in [4.69, 9.17) is 10.5 Å². The number of benzene rings is 1. The highest BCUT2D eigenvalue weighted by molar-refractivity contribution is 5.77. The summed E-state index contributed by atoms with van der Waals surface area (Å²) in [6, 6.07) is 6.04. The second-order valence-electron chi connectivity index (χ2n) is 4.56. The van der Waals surface area contributed by atoms with Gasteiger partial charge in [-0.1, -0.05) is 13.3 Å². The Morgan fingerprint density at radius 2 is 2.00 bits per heavy atom. The predicted octanol–water partition coefficient (Wildman–Crippen LogP) is 2.69. The molecule has 1 aromatic rings. The maximum Gasteiger partial charge on any atom is 0.188 e. The van der Waals surface area contributed by atoms with E-state index in [2.05, 4.69) is 17.2 Å². The lowest BCUT2D eigenvalue weighted by atomic mass is 10.3. The molecule has 0 aliphatic rings. The van der Waals surface area contributed by atoms with Gasteiger partial charge in [-0.2, -0.15) is 0 Å². The molecule has 0 aliphatic heterocycles. The Balaban J connectivity index is 2.04. The number of nitrogens with two attached hydrogens (primary N) is 1. The molecule has 20 heavy (non-hydrogen) atoms. The molecule has 0 fully saturated rings. The van der Waals surface area contributed by atoms with Crippen molar-refractivity contribution >= 4 is 5.96 Å². The fraction of sp³-hybridized carbons (Fsp3) is 0.533. The third-order valence-electron chi connectivity index (χ3n) is 2.75. The van der Waals surface area contributed by atoms with Gasteiger partial charge in [0.2, 0.25) is 0 Å². The summed E-state index contributed by atoms with van der Waals surface area (Å²) < 4.78 is 18.2. The third kappa shape index (κ3) is 7.61. The largest absolute Gasteiger partial charge is 0.494 e. The van der Waals surface area contributed by atoms with Crippen LogP contribution < -0.4 is 15.8 Å². The lowest BCUT2D eigenvalue weighted by Crippen LogP contribution is -2.32. The van der Waals surface area contributed by atoms with E-state index in [1.807, 2.05) is 0 Å². The minimum Gasteiger partial charge on any atom is -0.494 e. The monoisotopic (exact) mass is 281 g/mol. The molecule has 5 heteroatoms. The van der Waals surface area contributed by atoms with Gasteiger partial charge in [0, 0.05) is 13.1 Å². The van der Waals surface area contributed by atoms with E-state index >= 15 is 0 Å². The minimum absolute atomic E-state index is 0.252. The van der Waals surface area contributed by atoms with Gasteiger partial charge in [-0.15, -0.1) is 0 Å². The summed E-state index contributed by atoms with van der Waals surface area (Å²) in [5.41, 5.74) is 5.71. The maximum absolute atomic E-state index is 12.7. The van der Waals surface area contributed by atoms with Gasteiger partial charge >= 0.3 is 0 Å². The molecule has 112 valence electrons. The quantitative estimate of drug-likeness (QED) is 0.415. The number of guanidine groups is 1. The number of halogens is 1. The van der Waals surface area contributed by atoms with E-state index < -0.39 is 0 Å². The van der Waals surface area contributed by atoms with E-state index in [-0.39, 0.29) is 5.82 Å². The van der Waals surface area contributed by atoms with Crippen LogP contribution in [-0.4, -0.2) is 25.7 Å². The molecule has 0 saturated carbocycles. The molecule has 0 radical (unpaired) electrons. The van der Waals surface area contributed by atoms with Crippen molar-refractivity contribution in [3.05, 3.63) is 30.1 Å². The number of nitrogens with one attached hydrogen (secondary N) is 1. The number of aliphatic imine (C=N–C) groups is 1. The Hall–Kier alpha value is -1.78. The SMILES string of the molecule is CCCCNC(N)=NCCCCOc1ccc(F)cc1. The van der Waals surface area contributed by atoms with Gasteiger partial charge in [-0.05, 0) is 43.5 Å². The van der Waals surface area contributed by atoms with Crippen molar-refractivity contribution in [2.45, 2.75) is 32.6 Å². The topological polar surface area (TPSA) is 59.6 Å². The second kappa shape index (κ2) is 10.1. The number of rotatable bonds is 9. The standard InChI is InChI=1S/C15H24FN3O/c1-2-3-10-18-15(17)19-11-4-5-12-20-14-8-6-13(16)7-9-14/h6-9H,2-5,10-12H2,1H3,(H3,17,18,19). The van der Waals surface area contributed by atoms with Crippen LogP contribution in [0.5, 0.6) is 5.75 Å². The zero-order valence-corrected chi connectivity index (χ0v) is 12.1. The van der Waals surface area contributed by atoms with E-state index in [0.717, 1.165) is 32.2 Å². The van der Waals surface area contributed by atoms with Crippen LogP contribution in [0.4, 0.5) is 4.39 Å². The average Bonchev–Trinajstić information content (AvgIpc) is 2.45.